The van der Waals surface area contributed by atoms with Gasteiger partial charge >= 0.3 is 0 Å². The monoisotopic (exact) mass is 194 g/mol. The van der Waals surface area contributed by atoms with Gasteiger partial charge in [0, 0.05) is 16.9 Å². The van der Waals surface area contributed by atoms with Crippen LogP contribution in [0.5, 0.6) is 0 Å². The second-order valence-corrected chi connectivity index (χ2v) is 4.10. The Morgan fingerprint density at radius 3 is 2.31 bits per heavy atom. The summed E-state index contributed by atoms with van der Waals surface area (Å²) in [4.78, 5) is 11.0. The SMILES string of the molecule is CC(=O)c1ccc([C@@H]2C[C@H]2Cl)cc1. The van der Waals surface area contributed by atoms with Crippen LogP contribution in [0.25, 0.3) is 0 Å². The molecule has 1 aliphatic rings. The van der Waals surface area contributed by atoms with Crippen molar-refractivity contribution in [1.82, 2.24) is 0 Å². The Kier molecular flexibility index (Phi) is 2.12. The maximum Gasteiger partial charge on any atom is 0.159 e. The summed E-state index contributed by atoms with van der Waals surface area (Å²) >= 11 is 5.92. The first-order valence-corrected chi connectivity index (χ1v) is 4.87. The predicted octanol–water partition coefficient (Wildman–Crippen LogP) is 2.98. The summed E-state index contributed by atoms with van der Waals surface area (Å²) in [6.45, 7) is 1.58. The van der Waals surface area contributed by atoms with Gasteiger partial charge in [-0.15, -0.1) is 11.6 Å². The molecule has 0 amide bonds. The summed E-state index contributed by atoms with van der Waals surface area (Å²) < 4.78 is 0. The van der Waals surface area contributed by atoms with Crippen molar-refractivity contribution in [3.63, 3.8) is 0 Å². The molecule has 1 fully saturated rings. The lowest BCUT2D eigenvalue weighted by atomic mass is 10.1. The van der Waals surface area contributed by atoms with Crippen molar-refractivity contribution in [2.24, 2.45) is 0 Å². The normalized spacial score (nSPS) is 25.7. The minimum atomic E-state index is 0.116. The van der Waals surface area contributed by atoms with E-state index >= 15 is 0 Å². The van der Waals surface area contributed by atoms with Crippen molar-refractivity contribution in [3.05, 3.63) is 35.4 Å². The molecule has 0 saturated heterocycles. The molecule has 1 nitrogen and oxygen atoms in total. The summed E-state index contributed by atoms with van der Waals surface area (Å²) in [6, 6.07) is 7.76. The summed E-state index contributed by atoms with van der Waals surface area (Å²) in [7, 11) is 0. The Bertz CT molecular complexity index is 328. The number of Topliss-reactive ketones (excluding diaryl/α,β-unsaturated/α-hetero) is 1. The molecule has 2 rings (SSSR count). The zero-order chi connectivity index (χ0) is 9.42. The average molecular weight is 195 g/mol. The molecule has 0 unspecified atom stereocenters. The van der Waals surface area contributed by atoms with Crippen LogP contribution in [0.2, 0.25) is 0 Å². The van der Waals surface area contributed by atoms with E-state index in [0.717, 1.165) is 12.0 Å². The summed E-state index contributed by atoms with van der Waals surface area (Å²) in [6.07, 6.45) is 1.07. The molecule has 0 radical (unpaired) electrons. The average Bonchev–Trinajstić information content (AvgIpc) is 2.83. The number of alkyl halides is 1. The largest absolute Gasteiger partial charge is 0.295 e. The molecule has 13 heavy (non-hydrogen) atoms. The molecule has 1 saturated carbocycles. The molecule has 0 bridgehead atoms. The third kappa shape index (κ3) is 1.75. The Morgan fingerprint density at radius 2 is 1.92 bits per heavy atom. The van der Waals surface area contributed by atoms with E-state index in [1.807, 2.05) is 24.3 Å². The van der Waals surface area contributed by atoms with Gasteiger partial charge in [0.1, 0.15) is 0 Å². The smallest absolute Gasteiger partial charge is 0.159 e. The molecule has 0 aromatic heterocycles. The summed E-state index contributed by atoms with van der Waals surface area (Å²) in [5.41, 5.74) is 2.03. The van der Waals surface area contributed by atoms with Crippen LogP contribution in [0, 0.1) is 0 Å². The number of rotatable bonds is 2. The lowest BCUT2D eigenvalue weighted by Gasteiger charge is -1.99. The summed E-state index contributed by atoms with van der Waals surface area (Å²) in [5.74, 6) is 0.632. The molecular formula is C11H11ClO. The molecule has 0 aliphatic heterocycles. The van der Waals surface area contributed by atoms with Crippen LogP contribution in [0.15, 0.2) is 24.3 Å². The van der Waals surface area contributed by atoms with E-state index < -0.39 is 0 Å². The van der Waals surface area contributed by atoms with Gasteiger partial charge in [0.2, 0.25) is 0 Å². The fourth-order valence-corrected chi connectivity index (χ4v) is 1.81. The Hall–Kier alpha value is -0.820. The van der Waals surface area contributed by atoms with E-state index in [9.17, 15) is 4.79 Å². The van der Waals surface area contributed by atoms with Gasteiger partial charge in [0.25, 0.3) is 0 Å². The second-order valence-electron chi connectivity index (χ2n) is 3.54. The molecule has 0 heterocycles. The van der Waals surface area contributed by atoms with Crippen molar-refractivity contribution in [3.8, 4) is 0 Å². The highest BCUT2D eigenvalue weighted by Crippen LogP contribution is 2.45. The molecule has 1 aromatic carbocycles. The maximum absolute atomic E-state index is 11.0. The van der Waals surface area contributed by atoms with Crippen molar-refractivity contribution in [2.45, 2.75) is 24.6 Å². The van der Waals surface area contributed by atoms with Crippen molar-refractivity contribution in [2.75, 3.05) is 0 Å². The van der Waals surface area contributed by atoms with Gasteiger partial charge in [-0.2, -0.15) is 0 Å². The third-order valence-electron chi connectivity index (χ3n) is 2.46. The second kappa shape index (κ2) is 3.15. The Balaban J connectivity index is 2.19. The van der Waals surface area contributed by atoms with Crippen LogP contribution in [0.4, 0.5) is 0 Å². The molecule has 0 N–H and O–H groups in total. The number of carbonyl (C=O) groups excluding carboxylic acids is 1. The first-order chi connectivity index (χ1) is 6.18. The van der Waals surface area contributed by atoms with Crippen LogP contribution in [0.1, 0.15) is 35.2 Å². The number of ketones is 1. The van der Waals surface area contributed by atoms with E-state index in [4.69, 9.17) is 11.6 Å². The van der Waals surface area contributed by atoms with E-state index in [-0.39, 0.29) is 5.78 Å². The van der Waals surface area contributed by atoms with Gasteiger partial charge in [-0.1, -0.05) is 24.3 Å². The first-order valence-electron chi connectivity index (χ1n) is 4.43. The van der Waals surface area contributed by atoms with Crippen molar-refractivity contribution in [1.29, 1.82) is 0 Å². The minimum absolute atomic E-state index is 0.116. The van der Waals surface area contributed by atoms with Gasteiger partial charge in [-0.25, -0.2) is 0 Å². The fraction of sp³-hybridized carbons (Fsp3) is 0.364. The van der Waals surface area contributed by atoms with Gasteiger partial charge in [0.15, 0.2) is 5.78 Å². The van der Waals surface area contributed by atoms with Gasteiger partial charge in [-0.3, -0.25) is 4.79 Å². The number of hydrogen-bond donors (Lipinski definition) is 0. The van der Waals surface area contributed by atoms with Crippen LogP contribution in [-0.2, 0) is 0 Å². The highest BCUT2D eigenvalue weighted by Gasteiger charge is 2.36. The molecule has 0 spiro atoms. The van der Waals surface area contributed by atoms with E-state index in [0.29, 0.717) is 11.3 Å². The predicted molar refractivity (Wildman–Crippen MR) is 53.4 cm³/mol. The molecule has 2 atom stereocenters. The lowest BCUT2D eigenvalue weighted by molar-refractivity contribution is 0.101. The fourth-order valence-electron chi connectivity index (χ4n) is 1.47. The number of benzene rings is 1. The maximum atomic E-state index is 11.0. The van der Waals surface area contributed by atoms with E-state index in [2.05, 4.69) is 0 Å². The molecule has 1 aliphatic carbocycles. The standard InChI is InChI=1S/C11H11ClO/c1-7(13)8-2-4-9(5-3-8)10-6-11(10)12/h2-5,10-11H,6H2,1H3/t10-,11+/m0/s1. The Labute approximate surface area is 82.7 Å². The quantitative estimate of drug-likeness (QED) is 0.523. The molecular weight excluding hydrogens is 184 g/mol. The van der Waals surface area contributed by atoms with Gasteiger partial charge in [0.05, 0.1) is 0 Å². The van der Waals surface area contributed by atoms with Crippen LogP contribution >= 0.6 is 11.6 Å². The highest BCUT2D eigenvalue weighted by atomic mass is 35.5. The molecule has 68 valence electrons. The van der Waals surface area contributed by atoms with E-state index in [1.54, 1.807) is 6.92 Å². The molecule has 1 aromatic rings. The zero-order valence-corrected chi connectivity index (χ0v) is 8.21. The topological polar surface area (TPSA) is 17.1 Å². The number of carbonyl (C=O) groups is 1. The Morgan fingerprint density at radius 1 is 1.38 bits per heavy atom. The van der Waals surface area contributed by atoms with Gasteiger partial charge in [-0.05, 0) is 18.9 Å². The number of halogens is 1. The van der Waals surface area contributed by atoms with Crippen molar-refractivity contribution < 1.29 is 4.79 Å². The van der Waals surface area contributed by atoms with E-state index in [1.165, 1.54) is 5.56 Å². The van der Waals surface area contributed by atoms with Crippen LogP contribution < -0.4 is 0 Å². The number of hydrogen-bond acceptors (Lipinski definition) is 1. The van der Waals surface area contributed by atoms with Gasteiger partial charge < -0.3 is 0 Å². The molecule has 2 heteroatoms. The minimum Gasteiger partial charge on any atom is -0.295 e. The highest BCUT2D eigenvalue weighted by molar-refractivity contribution is 6.23. The summed E-state index contributed by atoms with van der Waals surface area (Å²) in [5, 5.41) is 0.308. The lowest BCUT2D eigenvalue weighted by Crippen LogP contribution is -1.91. The zero-order valence-electron chi connectivity index (χ0n) is 7.46. The third-order valence-corrected chi connectivity index (χ3v) is 2.94. The van der Waals surface area contributed by atoms with Crippen LogP contribution in [-0.4, -0.2) is 11.2 Å². The van der Waals surface area contributed by atoms with Crippen molar-refractivity contribution >= 4 is 17.4 Å². The first kappa shape index (κ1) is 8.76. The van der Waals surface area contributed by atoms with Crippen LogP contribution in [0.3, 0.4) is 0 Å².